The monoisotopic (exact) mass is 386 g/mol. The lowest BCUT2D eigenvalue weighted by Crippen LogP contribution is -2.06. The maximum atomic E-state index is 5.75. The van der Waals surface area contributed by atoms with Crippen molar-refractivity contribution in [1.29, 1.82) is 0 Å². The van der Waals surface area contributed by atoms with E-state index >= 15 is 0 Å². The quantitative estimate of drug-likeness (QED) is 0.765. The molecule has 1 atom stereocenters. The van der Waals surface area contributed by atoms with E-state index in [1.54, 1.807) is 16.8 Å². The summed E-state index contributed by atoms with van der Waals surface area (Å²) in [6.07, 6.45) is 11.4. The van der Waals surface area contributed by atoms with Crippen LogP contribution in [0.15, 0.2) is 59.4 Å². The van der Waals surface area contributed by atoms with Crippen LogP contribution in [0.25, 0.3) is 11.4 Å². The molecule has 2 aromatic heterocycles. The zero-order valence-corrected chi connectivity index (χ0v) is 15.2. The number of aromatic nitrogens is 3. The first-order valence-electron chi connectivity index (χ1n) is 7.74. The van der Waals surface area contributed by atoms with Gasteiger partial charge in [0.25, 0.3) is 0 Å². The van der Waals surface area contributed by atoms with Gasteiger partial charge in [0.15, 0.2) is 5.65 Å². The largest absolute Gasteiger partial charge is 0.491 e. The molecule has 0 spiro atoms. The Balaban J connectivity index is 2.07. The summed E-state index contributed by atoms with van der Waals surface area (Å²) < 4.78 is 8.35. The highest BCUT2D eigenvalue weighted by Gasteiger charge is 2.19. The first-order valence-corrected chi connectivity index (χ1v) is 8.53. The van der Waals surface area contributed by atoms with Crippen molar-refractivity contribution in [3.8, 4) is 0 Å². The van der Waals surface area contributed by atoms with Crippen LogP contribution in [-0.4, -0.2) is 21.2 Å². The summed E-state index contributed by atoms with van der Waals surface area (Å²) in [5.41, 5.74) is 2.47. The summed E-state index contributed by atoms with van der Waals surface area (Å²) in [5.74, 6) is 2.01. The van der Waals surface area contributed by atoms with Gasteiger partial charge >= 0.3 is 0 Å². The number of allylic oxidation sites excluding steroid dienone is 4. The highest BCUT2D eigenvalue weighted by Crippen LogP contribution is 2.28. The highest BCUT2D eigenvalue weighted by molar-refractivity contribution is 9.10. The van der Waals surface area contributed by atoms with Gasteiger partial charge in [-0.05, 0) is 35.0 Å². The van der Waals surface area contributed by atoms with E-state index in [-0.39, 0.29) is 0 Å². The molecular formula is C18H19BrN4O. The molecule has 6 heteroatoms. The van der Waals surface area contributed by atoms with Gasteiger partial charge in [0.2, 0.25) is 0 Å². The second kappa shape index (κ2) is 7.05. The summed E-state index contributed by atoms with van der Waals surface area (Å²) in [5, 5.41) is 7.76. The summed E-state index contributed by atoms with van der Waals surface area (Å²) in [6, 6.07) is 1.95. The van der Waals surface area contributed by atoms with Gasteiger partial charge in [-0.15, -0.1) is 0 Å². The molecule has 1 aliphatic heterocycles. The third kappa shape index (κ3) is 3.28. The van der Waals surface area contributed by atoms with E-state index in [1.807, 2.05) is 31.2 Å². The van der Waals surface area contributed by atoms with Gasteiger partial charge in [-0.1, -0.05) is 31.7 Å². The van der Waals surface area contributed by atoms with Gasteiger partial charge in [-0.25, -0.2) is 4.98 Å². The number of ether oxygens (including phenoxy) is 1. The smallest absolute Gasteiger partial charge is 0.172 e. The van der Waals surface area contributed by atoms with Crippen molar-refractivity contribution in [2.45, 2.75) is 13.8 Å². The summed E-state index contributed by atoms with van der Waals surface area (Å²) in [4.78, 5) is 4.67. The minimum Gasteiger partial charge on any atom is -0.491 e. The van der Waals surface area contributed by atoms with E-state index in [0.29, 0.717) is 12.5 Å². The van der Waals surface area contributed by atoms with Crippen LogP contribution in [0.2, 0.25) is 0 Å². The van der Waals surface area contributed by atoms with Crippen LogP contribution in [0, 0.1) is 5.92 Å². The molecule has 1 unspecified atom stereocenters. The van der Waals surface area contributed by atoms with Crippen LogP contribution < -0.4 is 5.32 Å². The molecule has 3 heterocycles. The topological polar surface area (TPSA) is 51.5 Å². The van der Waals surface area contributed by atoms with E-state index in [2.05, 4.69) is 50.9 Å². The lowest BCUT2D eigenvalue weighted by Gasteiger charge is -2.12. The fraction of sp³-hybridized carbons (Fsp3) is 0.222. The molecule has 2 aromatic rings. The van der Waals surface area contributed by atoms with Crippen molar-refractivity contribution >= 4 is 33.2 Å². The average Bonchev–Trinajstić information content (AvgIpc) is 3.18. The van der Waals surface area contributed by atoms with Crippen molar-refractivity contribution in [2.75, 3.05) is 11.9 Å². The molecule has 24 heavy (non-hydrogen) atoms. The molecular weight excluding hydrogens is 368 g/mol. The Kier molecular flexibility index (Phi) is 4.85. The molecule has 3 rings (SSSR count). The molecule has 0 aliphatic carbocycles. The summed E-state index contributed by atoms with van der Waals surface area (Å²) in [7, 11) is 0. The third-order valence-electron chi connectivity index (χ3n) is 3.61. The summed E-state index contributed by atoms with van der Waals surface area (Å²) >= 11 is 3.51. The number of hydrogen-bond donors (Lipinski definition) is 1. The molecule has 0 fully saturated rings. The van der Waals surface area contributed by atoms with Crippen LogP contribution in [0.5, 0.6) is 0 Å². The minimum atomic E-state index is 0.393. The number of halogens is 1. The Bertz CT molecular complexity index is 863. The van der Waals surface area contributed by atoms with Gasteiger partial charge in [-0.2, -0.15) is 9.61 Å². The molecule has 0 radical (unpaired) electrons. The number of rotatable bonds is 5. The lowest BCUT2D eigenvalue weighted by molar-refractivity contribution is 0.277. The average molecular weight is 387 g/mol. The Labute approximate surface area is 149 Å². The Morgan fingerprint density at radius 3 is 3.04 bits per heavy atom. The maximum Gasteiger partial charge on any atom is 0.172 e. The molecule has 1 aliphatic rings. The lowest BCUT2D eigenvalue weighted by atomic mass is 10.2. The zero-order valence-electron chi connectivity index (χ0n) is 13.7. The molecule has 0 amide bonds. The first-order chi connectivity index (χ1) is 11.6. The normalized spacial score (nSPS) is 18.0. The van der Waals surface area contributed by atoms with Gasteiger partial charge < -0.3 is 10.1 Å². The van der Waals surface area contributed by atoms with E-state index in [9.17, 15) is 0 Å². The Morgan fingerprint density at radius 1 is 1.54 bits per heavy atom. The van der Waals surface area contributed by atoms with E-state index in [4.69, 9.17) is 4.74 Å². The molecule has 0 aromatic carbocycles. The van der Waals surface area contributed by atoms with Gasteiger partial charge in [0, 0.05) is 17.7 Å². The highest BCUT2D eigenvalue weighted by atomic mass is 79.9. The van der Waals surface area contributed by atoms with Crippen LogP contribution >= 0.6 is 15.9 Å². The van der Waals surface area contributed by atoms with Gasteiger partial charge in [-0.3, -0.25) is 0 Å². The Hall–Kier alpha value is -2.34. The van der Waals surface area contributed by atoms with E-state index < -0.39 is 0 Å². The fourth-order valence-corrected chi connectivity index (χ4v) is 2.76. The number of nitrogens with one attached hydrogen (secondary N) is 1. The molecule has 1 N–H and O–H groups in total. The van der Waals surface area contributed by atoms with Gasteiger partial charge in [0.1, 0.15) is 17.3 Å². The van der Waals surface area contributed by atoms with E-state index in [1.165, 1.54) is 0 Å². The SMILES string of the molecule is C=C/C=C\C(=C/C)Nc1cc(C2=CC(C)CO2)nc2c(Br)cnn12. The van der Waals surface area contributed by atoms with E-state index in [0.717, 1.165) is 33.1 Å². The van der Waals surface area contributed by atoms with Crippen molar-refractivity contribution < 1.29 is 4.74 Å². The number of nitrogens with zero attached hydrogens (tertiary/aromatic N) is 3. The predicted molar refractivity (Wildman–Crippen MR) is 100 cm³/mol. The van der Waals surface area contributed by atoms with Crippen LogP contribution in [0.4, 0.5) is 5.82 Å². The third-order valence-corrected chi connectivity index (χ3v) is 4.17. The second-order valence-electron chi connectivity index (χ2n) is 5.54. The molecule has 124 valence electrons. The standard InChI is InChI=1S/C18H19BrN4O/c1-4-6-7-13(5-2)21-17-9-15(16-8-12(3)11-24-16)22-18-14(19)10-20-23(17)18/h4-10,12,21H,1,11H2,2-3H3/b7-6-,13-5+. The minimum absolute atomic E-state index is 0.393. The fourth-order valence-electron chi connectivity index (χ4n) is 2.42. The van der Waals surface area contributed by atoms with Crippen molar-refractivity contribution in [1.82, 2.24) is 14.6 Å². The molecule has 5 nitrogen and oxygen atoms in total. The molecule has 0 saturated heterocycles. The predicted octanol–water partition coefficient (Wildman–Crippen LogP) is 4.56. The number of anilines is 1. The van der Waals surface area contributed by atoms with Crippen LogP contribution in [0.1, 0.15) is 19.5 Å². The second-order valence-corrected chi connectivity index (χ2v) is 6.39. The summed E-state index contributed by atoms with van der Waals surface area (Å²) in [6.45, 7) is 8.48. The first kappa shape index (κ1) is 16.5. The van der Waals surface area contributed by atoms with Gasteiger partial charge in [0.05, 0.1) is 17.3 Å². The Morgan fingerprint density at radius 2 is 2.38 bits per heavy atom. The van der Waals surface area contributed by atoms with Crippen molar-refractivity contribution in [3.63, 3.8) is 0 Å². The molecule has 0 bridgehead atoms. The zero-order chi connectivity index (χ0) is 17.1. The maximum absolute atomic E-state index is 5.75. The van der Waals surface area contributed by atoms with Crippen molar-refractivity contribution in [2.24, 2.45) is 5.92 Å². The van der Waals surface area contributed by atoms with Crippen LogP contribution in [0.3, 0.4) is 0 Å². The van der Waals surface area contributed by atoms with Crippen LogP contribution in [-0.2, 0) is 4.74 Å². The number of fused-ring (bicyclic) bond motifs is 1. The van der Waals surface area contributed by atoms with Crippen molar-refractivity contribution in [3.05, 3.63) is 65.1 Å². The number of hydrogen-bond acceptors (Lipinski definition) is 4. The molecule has 0 saturated carbocycles.